The van der Waals surface area contributed by atoms with Gasteiger partial charge >= 0.3 is 0 Å². The van der Waals surface area contributed by atoms with Crippen molar-refractivity contribution in [3.8, 4) is 0 Å². The van der Waals surface area contributed by atoms with E-state index in [0.717, 1.165) is 37.1 Å². The molecule has 1 amide bonds. The van der Waals surface area contributed by atoms with E-state index < -0.39 is 0 Å². The van der Waals surface area contributed by atoms with Gasteiger partial charge in [-0.05, 0) is 50.3 Å². The van der Waals surface area contributed by atoms with Crippen LogP contribution in [0.15, 0.2) is 29.3 Å². The Labute approximate surface area is 180 Å². The van der Waals surface area contributed by atoms with Crippen molar-refractivity contribution >= 4 is 35.8 Å². The van der Waals surface area contributed by atoms with Crippen LogP contribution in [0.4, 0.5) is 0 Å². The van der Waals surface area contributed by atoms with Gasteiger partial charge in [0.2, 0.25) is 0 Å². The maximum atomic E-state index is 12.0. The summed E-state index contributed by atoms with van der Waals surface area (Å²) in [6.07, 6.45) is 2.63. The smallest absolute Gasteiger partial charge is 0.251 e. The second-order valence-electron chi connectivity index (χ2n) is 6.67. The molecule has 7 heteroatoms. The van der Waals surface area contributed by atoms with Gasteiger partial charge in [0.1, 0.15) is 0 Å². The van der Waals surface area contributed by atoms with Crippen LogP contribution in [0.5, 0.6) is 0 Å². The van der Waals surface area contributed by atoms with Crippen molar-refractivity contribution in [2.75, 3.05) is 39.9 Å². The predicted molar refractivity (Wildman–Crippen MR) is 121 cm³/mol. The number of halogens is 1. The largest absolute Gasteiger partial charge is 0.379 e. The average Bonchev–Trinajstić information content (AvgIpc) is 3.47. The van der Waals surface area contributed by atoms with E-state index in [-0.39, 0.29) is 29.9 Å². The van der Waals surface area contributed by atoms with E-state index in [2.05, 4.69) is 22.5 Å². The Hall–Kier alpha value is -1.35. The first kappa shape index (κ1) is 23.7. The standard InChI is InChI=1S/C20H32N4O2.HI/c1-4-21-19(25)18-8-6-7-17(13-18)14-23-20(22-5-2)24(3)11-12-26-15-16-9-10-16;/h6-8,13,16H,4-5,9-12,14-15H2,1-3H3,(H,21,25)(H,22,23);1H. The molecule has 1 saturated carbocycles. The van der Waals surface area contributed by atoms with Crippen LogP contribution in [0.25, 0.3) is 0 Å². The van der Waals surface area contributed by atoms with E-state index in [1.165, 1.54) is 12.8 Å². The van der Waals surface area contributed by atoms with Gasteiger partial charge in [0, 0.05) is 38.9 Å². The normalized spacial score (nSPS) is 13.7. The lowest BCUT2D eigenvalue weighted by atomic mass is 10.1. The molecule has 0 aromatic heterocycles. The van der Waals surface area contributed by atoms with Gasteiger partial charge in [0.25, 0.3) is 5.91 Å². The number of carbonyl (C=O) groups is 1. The van der Waals surface area contributed by atoms with Crippen molar-refractivity contribution in [2.24, 2.45) is 10.9 Å². The summed E-state index contributed by atoms with van der Waals surface area (Å²) in [5, 5.41) is 6.14. The third-order valence-corrected chi connectivity index (χ3v) is 4.26. The molecule has 0 radical (unpaired) electrons. The van der Waals surface area contributed by atoms with E-state index >= 15 is 0 Å². The quantitative estimate of drug-likeness (QED) is 0.230. The molecule has 0 spiro atoms. The van der Waals surface area contributed by atoms with Crippen LogP contribution < -0.4 is 10.6 Å². The zero-order chi connectivity index (χ0) is 18.8. The summed E-state index contributed by atoms with van der Waals surface area (Å²) in [7, 11) is 2.02. The van der Waals surface area contributed by atoms with E-state index in [4.69, 9.17) is 9.73 Å². The van der Waals surface area contributed by atoms with E-state index in [0.29, 0.717) is 25.3 Å². The molecule has 1 aromatic carbocycles. The van der Waals surface area contributed by atoms with Crippen LogP contribution in [-0.4, -0.2) is 56.7 Å². The Balaban J connectivity index is 0.00000364. The van der Waals surface area contributed by atoms with Crippen molar-refractivity contribution in [1.82, 2.24) is 15.5 Å². The summed E-state index contributed by atoms with van der Waals surface area (Å²) in [6.45, 7) is 8.34. The number of benzene rings is 1. The Morgan fingerprint density at radius 2 is 2.00 bits per heavy atom. The van der Waals surface area contributed by atoms with Crippen LogP contribution in [-0.2, 0) is 11.3 Å². The number of guanidine groups is 1. The molecule has 152 valence electrons. The van der Waals surface area contributed by atoms with Crippen LogP contribution in [0.2, 0.25) is 0 Å². The molecule has 0 saturated heterocycles. The first-order valence-corrected chi connectivity index (χ1v) is 9.58. The Bertz CT molecular complexity index is 605. The summed E-state index contributed by atoms with van der Waals surface area (Å²) in [5.74, 6) is 1.60. The van der Waals surface area contributed by atoms with Gasteiger partial charge in [0.05, 0.1) is 13.2 Å². The zero-order valence-corrected chi connectivity index (χ0v) is 19.0. The molecule has 1 fully saturated rings. The number of aliphatic imine (C=N–C) groups is 1. The first-order chi connectivity index (χ1) is 12.6. The lowest BCUT2D eigenvalue weighted by molar-refractivity contribution is 0.0955. The van der Waals surface area contributed by atoms with Gasteiger partial charge in [-0.25, -0.2) is 4.99 Å². The first-order valence-electron chi connectivity index (χ1n) is 9.58. The molecule has 2 rings (SSSR count). The Morgan fingerprint density at radius 1 is 1.26 bits per heavy atom. The van der Waals surface area contributed by atoms with Crippen molar-refractivity contribution in [3.63, 3.8) is 0 Å². The number of amides is 1. The number of nitrogens with zero attached hydrogens (tertiary/aromatic N) is 2. The number of hydrogen-bond donors (Lipinski definition) is 2. The molecular formula is C20H33IN4O2. The van der Waals surface area contributed by atoms with Crippen LogP contribution in [0.3, 0.4) is 0 Å². The topological polar surface area (TPSA) is 66.0 Å². The molecule has 0 aliphatic heterocycles. The van der Waals surface area contributed by atoms with Gasteiger partial charge in [-0.2, -0.15) is 0 Å². The highest BCUT2D eigenvalue weighted by atomic mass is 127. The molecule has 6 nitrogen and oxygen atoms in total. The number of rotatable bonds is 10. The average molecular weight is 488 g/mol. The monoisotopic (exact) mass is 488 g/mol. The lowest BCUT2D eigenvalue weighted by Crippen LogP contribution is -2.40. The summed E-state index contributed by atoms with van der Waals surface area (Å²) in [4.78, 5) is 18.8. The van der Waals surface area contributed by atoms with Gasteiger partial charge in [-0.15, -0.1) is 24.0 Å². The number of hydrogen-bond acceptors (Lipinski definition) is 3. The second kappa shape index (κ2) is 12.9. The van der Waals surface area contributed by atoms with Gasteiger partial charge < -0.3 is 20.3 Å². The minimum absolute atomic E-state index is 0. The lowest BCUT2D eigenvalue weighted by Gasteiger charge is -2.22. The fraction of sp³-hybridized carbons (Fsp3) is 0.600. The van der Waals surface area contributed by atoms with Crippen molar-refractivity contribution in [2.45, 2.75) is 33.2 Å². The number of ether oxygens (including phenoxy) is 1. The van der Waals surface area contributed by atoms with Crippen molar-refractivity contribution < 1.29 is 9.53 Å². The molecule has 1 aromatic rings. The van der Waals surface area contributed by atoms with Crippen molar-refractivity contribution in [1.29, 1.82) is 0 Å². The SMILES string of the molecule is CCNC(=O)c1cccc(CN=C(NCC)N(C)CCOCC2CC2)c1.I. The highest BCUT2D eigenvalue weighted by molar-refractivity contribution is 14.0. The Kier molecular flexibility index (Phi) is 11.3. The second-order valence-corrected chi connectivity index (χ2v) is 6.67. The summed E-state index contributed by atoms with van der Waals surface area (Å²) in [6, 6.07) is 7.62. The molecular weight excluding hydrogens is 455 g/mol. The number of nitrogens with one attached hydrogen (secondary N) is 2. The zero-order valence-electron chi connectivity index (χ0n) is 16.7. The van der Waals surface area contributed by atoms with Crippen LogP contribution in [0.1, 0.15) is 42.6 Å². The van der Waals surface area contributed by atoms with E-state index in [1.54, 1.807) is 0 Å². The molecule has 0 atom stereocenters. The summed E-state index contributed by atoms with van der Waals surface area (Å²) >= 11 is 0. The highest BCUT2D eigenvalue weighted by Gasteiger charge is 2.21. The number of carbonyl (C=O) groups excluding carboxylic acids is 1. The third kappa shape index (κ3) is 8.92. The minimum atomic E-state index is -0.0461. The fourth-order valence-corrected chi connectivity index (χ4v) is 2.55. The molecule has 0 unspecified atom stereocenters. The van der Waals surface area contributed by atoms with Gasteiger partial charge in [-0.1, -0.05) is 12.1 Å². The fourth-order valence-electron chi connectivity index (χ4n) is 2.55. The van der Waals surface area contributed by atoms with E-state index in [9.17, 15) is 4.79 Å². The minimum Gasteiger partial charge on any atom is -0.379 e. The maximum Gasteiger partial charge on any atom is 0.251 e. The van der Waals surface area contributed by atoms with Gasteiger partial charge in [0.15, 0.2) is 5.96 Å². The third-order valence-electron chi connectivity index (χ3n) is 4.26. The van der Waals surface area contributed by atoms with E-state index in [1.807, 2.05) is 38.2 Å². The summed E-state index contributed by atoms with van der Waals surface area (Å²) < 4.78 is 5.72. The van der Waals surface area contributed by atoms with Crippen LogP contribution >= 0.6 is 24.0 Å². The highest BCUT2D eigenvalue weighted by Crippen LogP contribution is 2.28. The Morgan fingerprint density at radius 3 is 2.67 bits per heavy atom. The molecule has 1 aliphatic carbocycles. The molecule has 2 N–H and O–H groups in total. The molecule has 0 bridgehead atoms. The summed E-state index contributed by atoms with van der Waals surface area (Å²) in [5.41, 5.74) is 1.69. The number of likely N-dealkylation sites (N-methyl/N-ethyl adjacent to an activating group) is 1. The van der Waals surface area contributed by atoms with Crippen LogP contribution in [0, 0.1) is 5.92 Å². The molecule has 1 aliphatic rings. The predicted octanol–water partition coefficient (Wildman–Crippen LogP) is 2.88. The van der Waals surface area contributed by atoms with Gasteiger partial charge in [-0.3, -0.25) is 4.79 Å². The molecule has 0 heterocycles. The van der Waals surface area contributed by atoms with Crippen molar-refractivity contribution in [3.05, 3.63) is 35.4 Å². The molecule has 27 heavy (non-hydrogen) atoms. The maximum absolute atomic E-state index is 12.0.